The van der Waals surface area contributed by atoms with Crippen molar-refractivity contribution < 1.29 is 0 Å². The van der Waals surface area contributed by atoms with Crippen LogP contribution in [0.5, 0.6) is 0 Å². The fourth-order valence-electron chi connectivity index (χ4n) is 1.83. The molecule has 1 aromatic carbocycles. The highest BCUT2D eigenvalue weighted by Crippen LogP contribution is 2.12. The second-order valence-electron chi connectivity index (χ2n) is 4.43. The second-order valence-corrected chi connectivity index (χ2v) is 4.43. The van der Waals surface area contributed by atoms with Crippen LogP contribution in [0.3, 0.4) is 0 Å². The Bertz CT molecular complexity index is 255. The summed E-state index contributed by atoms with van der Waals surface area (Å²) < 4.78 is 0. The van der Waals surface area contributed by atoms with Crippen molar-refractivity contribution in [3.63, 3.8) is 0 Å². The standard InChI is InChI=1S/C14H23N/c1-4-8-12(2)11-15-13(3)14-9-6-5-7-10-14/h5-7,9-10,12-13,15H,4,8,11H2,1-3H3/t12?,13-/m0/s1. The van der Waals surface area contributed by atoms with E-state index in [9.17, 15) is 0 Å². The molecule has 1 unspecified atom stereocenters. The van der Waals surface area contributed by atoms with Crippen LogP contribution >= 0.6 is 0 Å². The van der Waals surface area contributed by atoms with E-state index in [4.69, 9.17) is 0 Å². The summed E-state index contributed by atoms with van der Waals surface area (Å²) in [4.78, 5) is 0. The van der Waals surface area contributed by atoms with Crippen molar-refractivity contribution in [2.24, 2.45) is 5.92 Å². The van der Waals surface area contributed by atoms with Crippen molar-refractivity contribution in [2.45, 2.75) is 39.7 Å². The molecule has 1 nitrogen and oxygen atoms in total. The molecule has 0 spiro atoms. The van der Waals surface area contributed by atoms with Gasteiger partial charge in [-0.25, -0.2) is 0 Å². The Morgan fingerprint density at radius 3 is 2.40 bits per heavy atom. The van der Waals surface area contributed by atoms with Crippen LogP contribution in [0, 0.1) is 5.92 Å². The molecule has 0 aromatic heterocycles. The predicted octanol–water partition coefficient (Wildman–Crippen LogP) is 3.77. The SMILES string of the molecule is CCCC(C)CN[C@@H](C)c1ccccc1. The van der Waals surface area contributed by atoms with Gasteiger partial charge in [0.2, 0.25) is 0 Å². The van der Waals surface area contributed by atoms with E-state index in [0.29, 0.717) is 6.04 Å². The topological polar surface area (TPSA) is 12.0 Å². The number of nitrogens with one attached hydrogen (secondary N) is 1. The summed E-state index contributed by atoms with van der Waals surface area (Å²) in [5, 5.41) is 3.58. The molecule has 1 aromatic rings. The molecule has 2 atom stereocenters. The van der Waals surface area contributed by atoms with Gasteiger partial charge in [0.15, 0.2) is 0 Å². The lowest BCUT2D eigenvalue weighted by molar-refractivity contribution is 0.444. The molecule has 84 valence electrons. The third-order valence-electron chi connectivity index (χ3n) is 2.85. The zero-order chi connectivity index (χ0) is 11.1. The molecule has 0 aliphatic rings. The van der Waals surface area contributed by atoms with Crippen molar-refractivity contribution >= 4 is 0 Å². The van der Waals surface area contributed by atoms with E-state index in [0.717, 1.165) is 12.5 Å². The van der Waals surface area contributed by atoms with E-state index in [1.54, 1.807) is 0 Å². The van der Waals surface area contributed by atoms with Crippen LogP contribution in [0.2, 0.25) is 0 Å². The molecular weight excluding hydrogens is 182 g/mol. The molecule has 0 saturated heterocycles. The van der Waals surface area contributed by atoms with E-state index in [2.05, 4.69) is 56.4 Å². The van der Waals surface area contributed by atoms with Gasteiger partial charge in [-0.05, 0) is 31.4 Å². The van der Waals surface area contributed by atoms with E-state index in [1.807, 2.05) is 0 Å². The average Bonchev–Trinajstić information content (AvgIpc) is 2.27. The predicted molar refractivity (Wildman–Crippen MR) is 66.9 cm³/mol. The van der Waals surface area contributed by atoms with Gasteiger partial charge in [0.05, 0.1) is 0 Å². The van der Waals surface area contributed by atoms with Crippen molar-refractivity contribution in [1.82, 2.24) is 5.32 Å². The number of hydrogen-bond donors (Lipinski definition) is 1. The lowest BCUT2D eigenvalue weighted by Gasteiger charge is -2.17. The van der Waals surface area contributed by atoms with Gasteiger partial charge < -0.3 is 5.32 Å². The zero-order valence-corrected chi connectivity index (χ0v) is 10.2. The van der Waals surface area contributed by atoms with Gasteiger partial charge in [0, 0.05) is 6.04 Å². The van der Waals surface area contributed by atoms with Crippen LogP contribution in [-0.4, -0.2) is 6.54 Å². The normalized spacial score (nSPS) is 14.9. The van der Waals surface area contributed by atoms with Crippen molar-refractivity contribution in [1.29, 1.82) is 0 Å². The maximum absolute atomic E-state index is 3.58. The summed E-state index contributed by atoms with van der Waals surface area (Å²) >= 11 is 0. The van der Waals surface area contributed by atoms with Crippen LogP contribution in [0.4, 0.5) is 0 Å². The summed E-state index contributed by atoms with van der Waals surface area (Å²) in [5.41, 5.74) is 1.38. The highest BCUT2D eigenvalue weighted by atomic mass is 14.9. The number of rotatable bonds is 6. The van der Waals surface area contributed by atoms with Gasteiger partial charge in [0.25, 0.3) is 0 Å². The molecular formula is C14H23N. The first-order valence-electron chi connectivity index (χ1n) is 6.02. The largest absolute Gasteiger partial charge is 0.310 e. The number of benzene rings is 1. The fraction of sp³-hybridized carbons (Fsp3) is 0.571. The van der Waals surface area contributed by atoms with E-state index in [-0.39, 0.29) is 0 Å². The summed E-state index contributed by atoms with van der Waals surface area (Å²) in [6, 6.07) is 11.1. The van der Waals surface area contributed by atoms with Crippen LogP contribution < -0.4 is 5.32 Å². The van der Waals surface area contributed by atoms with Crippen molar-refractivity contribution in [2.75, 3.05) is 6.54 Å². The number of hydrogen-bond acceptors (Lipinski definition) is 1. The maximum Gasteiger partial charge on any atom is 0.0291 e. The Morgan fingerprint density at radius 2 is 1.80 bits per heavy atom. The van der Waals surface area contributed by atoms with Crippen molar-refractivity contribution in [3.05, 3.63) is 35.9 Å². The van der Waals surface area contributed by atoms with Gasteiger partial charge in [0.1, 0.15) is 0 Å². The second kappa shape index (κ2) is 6.62. The first-order valence-corrected chi connectivity index (χ1v) is 6.02. The molecule has 1 heteroatoms. The summed E-state index contributed by atoms with van der Waals surface area (Å²) in [6.45, 7) is 7.91. The molecule has 0 bridgehead atoms. The Kier molecular flexibility index (Phi) is 5.41. The van der Waals surface area contributed by atoms with Crippen LogP contribution in [0.25, 0.3) is 0 Å². The molecule has 0 heterocycles. The van der Waals surface area contributed by atoms with Gasteiger partial charge in [-0.15, -0.1) is 0 Å². The van der Waals surface area contributed by atoms with Crippen LogP contribution in [0.1, 0.15) is 45.2 Å². The van der Waals surface area contributed by atoms with E-state index in [1.165, 1.54) is 18.4 Å². The molecule has 1 N–H and O–H groups in total. The lowest BCUT2D eigenvalue weighted by atomic mass is 10.0. The summed E-state index contributed by atoms with van der Waals surface area (Å²) in [6.07, 6.45) is 2.59. The minimum Gasteiger partial charge on any atom is -0.310 e. The minimum atomic E-state index is 0.463. The summed E-state index contributed by atoms with van der Waals surface area (Å²) in [7, 11) is 0. The van der Waals surface area contributed by atoms with Gasteiger partial charge in [-0.1, -0.05) is 50.6 Å². The van der Waals surface area contributed by atoms with Gasteiger partial charge in [-0.2, -0.15) is 0 Å². The fourth-order valence-corrected chi connectivity index (χ4v) is 1.83. The lowest BCUT2D eigenvalue weighted by Crippen LogP contribution is -2.24. The first-order chi connectivity index (χ1) is 7.24. The Labute approximate surface area is 93.9 Å². The molecule has 0 aliphatic carbocycles. The third-order valence-corrected chi connectivity index (χ3v) is 2.85. The highest BCUT2D eigenvalue weighted by Gasteiger charge is 2.06. The zero-order valence-electron chi connectivity index (χ0n) is 10.2. The van der Waals surface area contributed by atoms with Gasteiger partial charge >= 0.3 is 0 Å². The molecule has 1 rings (SSSR count). The van der Waals surface area contributed by atoms with E-state index < -0.39 is 0 Å². The molecule has 15 heavy (non-hydrogen) atoms. The molecule has 0 aliphatic heterocycles. The van der Waals surface area contributed by atoms with Crippen LogP contribution in [-0.2, 0) is 0 Å². The molecule has 0 saturated carbocycles. The highest BCUT2D eigenvalue weighted by molar-refractivity contribution is 5.17. The monoisotopic (exact) mass is 205 g/mol. The smallest absolute Gasteiger partial charge is 0.0291 e. The van der Waals surface area contributed by atoms with E-state index >= 15 is 0 Å². The first kappa shape index (κ1) is 12.3. The average molecular weight is 205 g/mol. The summed E-state index contributed by atoms with van der Waals surface area (Å²) in [5.74, 6) is 0.779. The maximum atomic E-state index is 3.58. The Morgan fingerprint density at radius 1 is 1.13 bits per heavy atom. The van der Waals surface area contributed by atoms with Crippen LogP contribution in [0.15, 0.2) is 30.3 Å². The molecule has 0 radical (unpaired) electrons. The quantitative estimate of drug-likeness (QED) is 0.745. The van der Waals surface area contributed by atoms with Crippen molar-refractivity contribution in [3.8, 4) is 0 Å². The third kappa shape index (κ3) is 4.48. The molecule has 0 amide bonds. The van der Waals surface area contributed by atoms with Gasteiger partial charge in [-0.3, -0.25) is 0 Å². The molecule has 0 fully saturated rings. The Balaban J connectivity index is 2.33. The minimum absolute atomic E-state index is 0.463. The Hall–Kier alpha value is -0.820.